The van der Waals surface area contributed by atoms with Crippen molar-refractivity contribution in [3.8, 4) is 0 Å². The van der Waals surface area contributed by atoms with E-state index in [1.807, 2.05) is 0 Å². The Morgan fingerprint density at radius 3 is 2.71 bits per heavy atom. The lowest BCUT2D eigenvalue weighted by molar-refractivity contribution is -0.123. The smallest absolute Gasteiger partial charge is 0.236 e. The van der Waals surface area contributed by atoms with Gasteiger partial charge in [0.05, 0.1) is 6.04 Å². The maximum atomic E-state index is 11.4. The average Bonchev–Trinajstić information content (AvgIpc) is 2.18. The molecule has 0 spiro atoms. The first-order valence-electron chi connectivity index (χ1n) is 5.71. The van der Waals surface area contributed by atoms with E-state index in [1.54, 1.807) is 6.92 Å². The van der Waals surface area contributed by atoms with Gasteiger partial charge in [0.1, 0.15) is 0 Å². The van der Waals surface area contributed by atoms with Gasteiger partial charge < -0.3 is 11.1 Å². The van der Waals surface area contributed by atoms with E-state index in [1.165, 1.54) is 19.3 Å². The molecule has 3 heteroatoms. The van der Waals surface area contributed by atoms with Crippen molar-refractivity contribution in [1.82, 2.24) is 5.32 Å². The van der Waals surface area contributed by atoms with Gasteiger partial charge >= 0.3 is 0 Å². The van der Waals surface area contributed by atoms with Crippen LogP contribution in [0.1, 0.15) is 46.0 Å². The highest BCUT2D eigenvalue weighted by molar-refractivity contribution is 5.81. The van der Waals surface area contributed by atoms with E-state index in [0.717, 1.165) is 12.8 Å². The van der Waals surface area contributed by atoms with Crippen LogP contribution in [0.5, 0.6) is 0 Å². The van der Waals surface area contributed by atoms with Crippen LogP contribution in [0.15, 0.2) is 0 Å². The van der Waals surface area contributed by atoms with Crippen molar-refractivity contribution in [1.29, 1.82) is 0 Å². The topological polar surface area (TPSA) is 55.1 Å². The molecule has 1 saturated carbocycles. The van der Waals surface area contributed by atoms with E-state index in [2.05, 4.69) is 12.2 Å². The van der Waals surface area contributed by atoms with Gasteiger partial charge in [-0.25, -0.2) is 0 Å². The third kappa shape index (κ3) is 2.98. The molecule has 0 heterocycles. The van der Waals surface area contributed by atoms with Crippen LogP contribution in [-0.4, -0.2) is 18.0 Å². The summed E-state index contributed by atoms with van der Waals surface area (Å²) in [4.78, 5) is 11.4. The van der Waals surface area contributed by atoms with Crippen molar-refractivity contribution < 1.29 is 4.79 Å². The monoisotopic (exact) mass is 198 g/mol. The fourth-order valence-electron chi connectivity index (χ4n) is 2.20. The van der Waals surface area contributed by atoms with Crippen LogP contribution in [-0.2, 0) is 4.79 Å². The Labute approximate surface area is 86.4 Å². The minimum Gasteiger partial charge on any atom is -0.352 e. The molecule has 3 atom stereocenters. The van der Waals surface area contributed by atoms with E-state index in [0.29, 0.717) is 12.0 Å². The quantitative estimate of drug-likeness (QED) is 0.720. The molecule has 0 aromatic rings. The number of amides is 1. The van der Waals surface area contributed by atoms with Gasteiger partial charge in [-0.15, -0.1) is 0 Å². The molecule has 1 aliphatic carbocycles. The van der Waals surface area contributed by atoms with Gasteiger partial charge in [-0.05, 0) is 25.7 Å². The number of nitrogens with one attached hydrogen (secondary N) is 1. The van der Waals surface area contributed by atoms with Crippen molar-refractivity contribution in [2.45, 2.75) is 58.0 Å². The van der Waals surface area contributed by atoms with Crippen LogP contribution in [0.2, 0.25) is 0 Å². The lowest BCUT2D eigenvalue weighted by Crippen LogP contribution is -2.47. The molecular formula is C11H22N2O. The molecule has 3 N–H and O–H groups in total. The molecule has 1 fully saturated rings. The fourth-order valence-corrected chi connectivity index (χ4v) is 2.20. The number of carbonyl (C=O) groups excluding carboxylic acids is 1. The summed E-state index contributed by atoms with van der Waals surface area (Å²) >= 11 is 0. The van der Waals surface area contributed by atoms with Crippen LogP contribution in [0, 0.1) is 5.92 Å². The second kappa shape index (κ2) is 5.35. The zero-order chi connectivity index (χ0) is 10.6. The predicted molar refractivity (Wildman–Crippen MR) is 57.8 cm³/mol. The maximum absolute atomic E-state index is 11.4. The first kappa shape index (κ1) is 11.5. The first-order valence-corrected chi connectivity index (χ1v) is 5.71. The highest BCUT2D eigenvalue weighted by Crippen LogP contribution is 2.26. The summed E-state index contributed by atoms with van der Waals surface area (Å²) in [6, 6.07) is -0.0123. The molecule has 0 radical (unpaired) electrons. The van der Waals surface area contributed by atoms with Crippen molar-refractivity contribution >= 4 is 5.91 Å². The Morgan fingerprint density at radius 1 is 1.50 bits per heavy atom. The third-order valence-corrected chi connectivity index (χ3v) is 3.17. The van der Waals surface area contributed by atoms with E-state index in [-0.39, 0.29) is 11.9 Å². The van der Waals surface area contributed by atoms with Gasteiger partial charge in [-0.2, -0.15) is 0 Å². The minimum absolute atomic E-state index is 0.00431. The predicted octanol–water partition coefficient (Wildman–Crippen LogP) is 1.42. The molecule has 0 saturated heterocycles. The van der Waals surface area contributed by atoms with Gasteiger partial charge in [-0.1, -0.05) is 26.2 Å². The number of nitrogens with two attached hydrogens (primary N) is 1. The molecule has 0 bridgehead atoms. The summed E-state index contributed by atoms with van der Waals surface area (Å²) in [5.74, 6) is 0.654. The Kier molecular flexibility index (Phi) is 4.39. The lowest BCUT2D eigenvalue weighted by Gasteiger charge is -2.31. The molecule has 1 amide bonds. The zero-order valence-corrected chi connectivity index (χ0v) is 9.25. The second-order valence-electron chi connectivity index (χ2n) is 4.36. The molecule has 14 heavy (non-hydrogen) atoms. The SMILES string of the molecule is CCC1CCCCC1NC(=O)C(C)N. The Hall–Kier alpha value is -0.570. The standard InChI is InChI=1S/C11H22N2O/c1-3-9-6-4-5-7-10(9)13-11(14)8(2)12/h8-10H,3-7,12H2,1-2H3,(H,13,14). The fraction of sp³-hybridized carbons (Fsp3) is 0.909. The van der Waals surface area contributed by atoms with Crippen LogP contribution in [0.25, 0.3) is 0 Å². The average molecular weight is 198 g/mol. The summed E-state index contributed by atoms with van der Waals surface area (Å²) in [6.07, 6.45) is 6.07. The van der Waals surface area contributed by atoms with Gasteiger partial charge in [0.15, 0.2) is 0 Å². The highest BCUT2D eigenvalue weighted by atomic mass is 16.2. The second-order valence-corrected chi connectivity index (χ2v) is 4.36. The lowest BCUT2D eigenvalue weighted by atomic mass is 9.83. The number of hydrogen-bond donors (Lipinski definition) is 2. The Morgan fingerprint density at radius 2 is 2.14 bits per heavy atom. The number of hydrogen-bond acceptors (Lipinski definition) is 2. The summed E-state index contributed by atoms with van der Waals surface area (Å²) < 4.78 is 0. The zero-order valence-electron chi connectivity index (χ0n) is 9.25. The molecule has 3 unspecified atom stereocenters. The molecular weight excluding hydrogens is 176 g/mol. The highest BCUT2D eigenvalue weighted by Gasteiger charge is 2.25. The molecule has 0 aromatic carbocycles. The summed E-state index contributed by atoms with van der Waals surface area (Å²) in [6.45, 7) is 3.93. The van der Waals surface area contributed by atoms with Crippen molar-refractivity contribution in [3.05, 3.63) is 0 Å². The first-order chi connectivity index (χ1) is 6.65. The Bertz CT molecular complexity index is 192. The van der Waals surface area contributed by atoms with Crippen LogP contribution in [0.4, 0.5) is 0 Å². The normalized spacial score (nSPS) is 29.6. The molecule has 0 aromatic heterocycles. The van der Waals surface area contributed by atoms with E-state index >= 15 is 0 Å². The largest absolute Gasteiger partial charge is 0.352 e. The molecule has 3 nitrogen and oxygen atoms in total. The van der Waals surface area contributed by atoms with Gasteiger partial charge in [0.2, 0.25) is 5.91 Å². The van der Waals surface area contributed by atoms with Gasteiger partial charge in [-0.3, -0.25) is 4.79 Å². The summed E-state index contributed by atoms with van der Waals surface area (Å²) in [5, 5.41) is 3.06. The van der Waals surface area contributed by atoms with E-state index in [9.17, 15) is 4.79 Å². The minimum atomic E-state index is -0.380. The molecule has 82 valence electrons. The molecule has 1 aliphatic rings. The number of rotatable bonds is 3. The van der Waals surface area contributed by atoms with E-state index < -0.39 is 0 Å². The van der Waals surface area contributed by atoms with E-state index in [4.69, 9.17) is 5.73 Å². The van der Waals surface area contributed by atoms with Gasteiger partial charge in [0.25, 0.3) is 0 Å². The van der Waals surface area contributed by atoms with Crippen LogP contribution in [0.3, 0.4) is 0 Å². The number of carbonyl (C=O) groups is 1. The van der Waals surface area contributed by atoms with Crippen LogP contribution < -0.4 is 11.1 Å². The van der Waals surface area contributed by atoms with Crippen molar-refractivity contribution in [2.24, 2.45) is 11.7 Å². The van der Waals surface area contributed by atoms with Gasteiger partial charge in [0, 0.05) is 6.04 Å². The van der Waals surface area contributed by atoms with Crippen molar-refractivity contribution in [3.63, 3.8) is 0 Å². The summed E-state index contributed by atoms with van der Waals surface area (Å²) in [5.41, 5.74) is 5.53. The maximum Gasteiger partial charge on any atom is 0.236 e. The van der Waals surface area contributed by atoms with Crippen LogP contribution >= 0.6 is 0 Å². The third-order valence-electron chi connectivity index (χ3n) is 3.17. The Balaban J connectivity index is 2.44. The van der Waals surface area contributed by atoms with Crippen molar-refractivity contribution in [2.75, 3.05) is 0 Å². The molecule has 0 aliphatic heterocycles. The summed E-state index contributed by atoms with van der Waals surface area (Å²) in [7, 11) is 0. The molecule has 1 rings (SSSR count).